The number of fused-ring (bicyclic) bond motifs is 3. The molecule has 0 unspecified atom stereocenters. The number of H-pyrrole nitrogens is 1. The van der Waals surface area contributed by atoms with Gasteiger partial charge in [0.1, 0.15) is 18.5 Å². The van der Waals surface area contributed by atoms with Gasteiger partial charge in [0.15, 0.2) is 0 Å². The van der Waals surface area contributed by atoms with Gasteiger partial charge in [0, 0.05) is 40.4 Å². The first kappa shape index (κ1) is 26.7. The number of carbonyl (C=O) groups is 2. The van der Waals surface area contributed by atoms with Gasteiger partial charge in [0.2, 0.25) is 5.91 Å². The van der Waals surface area contributed by atoms with Crippen molar-refractivity contribution in [3.63, 3.8) is 0 Å². The largest absolute Gasteiger partial charge is 0.490 e. The van der Waals surface area contributed by atoms with Gasteiger partial charge >= 0.3 is 5.97 Å². The van der Waals surface area contributed by atoms with Gasteiger partial charge in [0.25, 0.3) is 0 Å². The average molecular weight is 508 g/mol. The lowest BCUT2D eigenvalue weighted by molar-refractivity contribution is -0.120. The van der Waals surface area contributed by atoms with Crippen LogP contribution in [0.1, 0.15) is 68.4 Å². The maximum atomic E-state index is 12.8. The van der Waals surface area contributed by atoms with Gasteiger partial charge in [-0.3, -0.25) is 4.79 Å². The number of rotatable bonds is 9. The number of β-amino-alcohol motifs (C(OH)–C–C–N with tert-alkyl or cyclic N) is 1. The summed E-state index contributed by atoms with van der Waals surface area (Å²) >= 11 is 0. The van der Waals surface area contributed by atoms with E-state index in [4.69, 9.17) is 4.74 Å². The summed E-state index contributed by atoms with van der Waals surface area (Å²) in [5.41, 5.74) is 3.05. The van der Waals surface area contributed by atoms with Gasteiger partial charge in [-0.15, -0.1) is 0 Å². The standard InChI is InChI=1S/C28H33N3O5.CH4/c1-27(2,13-18-14-29-21-9-8-17(25(33)34)12-20(18)21)30-15-19(32)16-36-23-7-5-6-22-24(23)28(26(35)31-22)10-3-4-11-28;/h5-9,12,14,19,29-30,32H,3-4,10-11,13,15-16H2,1-2H3,(H,31,35)(H,33,34);1H4/t19-;/m0./s1. The second-order valence-electron chi connectivity index (χ2n) is 10.7. The van der Waals surface area contributed by atoms with Gasteiger partial charge in [0.05, 0.1) is 11.0 Å². The van der Waals surface area contributed by atoms with E-state index in [1.165, 1.54) is 0 Å². The van der Waals surface area contributed by atoms with Crippen LogP contribution in [0, 0.1) is 0 Å². The number of hydrogen-bond acceptors (Lipinski definition) is 5. The molecule has 8 nitrogen and oxygen atoms in total. The highest BCUT2D eigenvalue weighted by molar-refractivity contribution is 6.07. The van der Waals surface area contributed by atoms with Crippen molar-refractivity contribution in [1.82, 2.24) is 10.3 Å². The Balaban J connectivity index is 0.00000320. The number of ether oxygens (including phenoxy) is 1. The van der Waals surface area contributed by atoms with E-state index in [2.05, 4.69) is 15.6 Å². The van der Waals surface area contributed by atoms with Crippen LogP contribution in [0.25, 0.3) is 10.9 Å². The number of aromatic amines is 1. The quantitative estimate of drug-likeness (QED) is 0.288. The Kier molecular flexibility index (Phi) is 7.35. The number of amides is 1. The normalized spacial score (nSPS) is 16.9. The molecule has 5 rings (SSSR count). The van der Waals surface area contributed by atoms with E-state index in [1.807, 2.05) is 38.2 Å². The molecule has 1 saturated carbocycles. The Morgan fingerprint density at radius 1 is 1.22 bits per heavy atom. The number of hydrogen-bond donors (Lipinski definition) is 5. The van der Waals surface area contributed by atoms with E-state index in [0.717, 1.165) is 53.4 Å². The molecule has 1 aliphatic carbocycles. The molecule has 2 aromatic carbocycles. The van der Waals surface area contributed by atoms with Crippen molar-refractivity contribution in [3.05, 3.63) is 59.3 Å². The van der Waals surface area contributed by atoms with E-state index in [1.54, 1.807) is 18.2 Å². The molecule has 2 heterocycles. The van der Waals surface area contributed by atoms with Crippen LogP contribution in [0.3, 0.4) is 0 Å². The number of anilines is 1. The summed E-state index contributed by atoms with van der Waals surface area (Å²) in [5.74, 6) is -0.227. The third-order valence-corrected chi connectivity index (χ3v) is 7.54. The highest BCUT2D eigenvalue weighted by Gasteiger charge is 2.50. The monoisotopic (exact) mass is 507 g/mol. The minimum Gasteiger partial charge on any atom is -0.490 e. The van der Waals surface area contributed by atoms with Crippen LogP contribution in [0.5, 0.6) is 5.75 Å². The first-order valence-corrected chi connectivity index (χ1v) is 12.5. The number of aliphatic hydroxyl groups is 1. The minimum absolute atomic E-state index is 0. The molecule has 5 N–H and O–H groups in total. The smallest absolute Gasteiger partial charge is 0.335 e. The van der Waals surface area contributed by atoms with Gasteiger partial charge in [-0.25, -0.2) is 4.79 Å². The fraction of sp³-hybridized carbons (Fsp3) is 0.448. The number of carbonyl (C=O) groups excluding carboxylic acids is 1. The molecule has 1 atom stereocenters. The summed E-state index contributed by atoms with van der Waals surface area (Å²) in [6.45, 7) is 4.53. The molecule has 1 aliphatic heterocycles. The molecule has 1 spiro atoms. The van der Waals surface area contributed by atoms with Crippen LogP contribution in [-0.4, -0.2) is 51.9 Å². The third kappa shape index (κ3) is 5.08. The maximum absolute atomic E-state index is 12.8. The van der Waals surface area contributed by atoms with E-state index in [9.17, 15) is 19.8 Å². The van der Waals surface area contributed by atoms with Crippen molar-refractivity contribution >= 4 is 28.5 Å². The van der Waals surface area contributed by atoms with Gasteiger partial charge in [-0.05, 0) is 69.0 Å². The maximum Gasteiger partial charge on any atom is 0.335 e. The van der Waals surface area contributed by atoms with Crippen molar-refractivity contribution in [2.45, 2.75) is 70.4 Å². The van der Waals surface area contributed by atoms with E-state index >= 15 is 0 Å². The number of aliphatic hydroxyl groups excluding tert-OH is 1. The fourth-order valence-corrected chi connectivity index (χ4v) is 5.70. The molecular weight excluding hydrogens is 470 g/mol. The lowest BCUT2D eigenvalue weighted by Crippen LogP contribution is -2.46. The van der Waals surface area contributed by atoms with Gasteiger partial charge < -0.3 is 30.6 Å². The lowest BCUT2D eigenvalue weighted by atomic mass is 9.79. The Hall–Kier alpha value is -3.36. The molecule has 2 aliphatic rings. The summed E-state index contributed by atoms with van der Waals surface area (Å²) in [6.07, 6.45) is 5.51. The zero-order valence-electron chi connectivity index (χ0n) is 20.7. The Labute approximate surface area is 217 Å². The van der Waals surface area contributed by atoms with E-state index in [-0.39, 0.29) is 31.0 Å². The van der Waals surface area contributed by atoms with Crippen LogP contribution in [0.4, 0.5) is 5.69 Å². The molecule has 0 bridgehead atoms. The highest BCUT2D eigenvalue weighted by atomic mass is 16.5. The van der Waals surface area contributed by atoms with Crippen molar-refractivity contribution in [2.75, 3.05) is 18.5 Å². The van der Waals surface area contributed by atoms with E-state index in [0.29, 0.717) is 18.7 Å². The number of carboxylic acid groups (broad SMARTS) is 1. The number of benzene rings is 2. The minimum atomic E-state index is -0.951. The Bertz CT molecular complexity index is 1310. The highest BCUT2D eigenvalue weighted by Crippen LogP contribution is 2.52. The predicted octanol–water partition coefficient (Wildman–Crippen LogP) is 4.62. The summed E-state index contributed by atoms with van der Waals surface area (Å²) in [5, 5.41) is 27.3. The van der Waals surface area contributed by atoms with Crippen molar-refractivity contribution in [3.8, 4) is 5.75 Å². The summed E-state index contributed by atoms with van der Waals surface area (Å²) in [7, 11) is 0. The van der Waals surface area contributed by atoms with Crippen molar-refractivity contribution < 1.29 is 24.5 Å². The molecule has 3 aromatic rings. The molecule has 198 valence electrons. The molecular formula is C29H37N3O5. The molecule has 8 heteroatoms. The zero-order chi connectivity index (χ0) is 25.5. The molecule has 1 fully saturated rings. The third-order valence-electron chi connectivity index (χ3n) is 7.54. The Morgan fingerprint density at radius 2 is 1.97 bits per heavy atom. The summed E-state index contributed by atoms with van der Waals surface area (Å²) in [6, 6.07) is 10.7. The number of nitrogens with one attached hydrogen (secondary N) is 3. The number of aromatic nitrogens is 1. The summed E-state index contributed by atoms with van der Waals surface area (Å²) in [4.78, 5) is 27.3. The molecule has 1 amide bonds. The molecule has 37 heavy (non-hydrogen) atoms. The second-order valence-corrected chi connectivity index (χ2v) is 10.7. The Morgan fingerprint density at radius 3 is 2.70 bits per heavy atom. The molecule has 1 aromatic heterocycles. The molecule has 0 saturated heterocycles. The number of aromatic carboxylic acids is 1. The zero-order valence-corrected chi connectivity index (χ0v) is 20.7. The van der Waals surface area contributed by atoms with Crippen LogP contribution >= 0.6 is 0 Å². The van der Waals surface area contributed by atoms with Crippen molar-refractivity contribution in [2.24, 2.45) is 0 Å². The van der Waals surface area contributed by atoms with Crippen LogP contribution < -0.4 is 15.4 Å². The van der Waals surface area contributed by atoms with Crippen molar-refractivity contribution in [1.29, 1.82) is 0 Å². The van der Waals surface area contributed by atoms with Gasteiger partial charge in [-0.2, -0.15) is 0 Å². The predicted molar refractivity (Wildman–Crippen MR) is 144 cm³/mol. The first-order chi connectivity index (χ1) is 17.2. The van der Waals surface area contributed by atoms with Crippen LogP contribution in [0.2, 0.25) is 0 Å². The fourth-order valence-electron chi connectivity index (χ4n) is 5.70. The second kappa shape index (κ2) is 10.2. The SMILES string of the molecule is C.CC(C)(Cc1c[nH]c2ccc(C(=O)O)cc12)NC[C@H](O)COc1cccc2c1C1(CCCC1)C(=O)N2. The number of carboxylic acids is 1. The topological polar surface area (TPSA) is 124 Å². The molecule has 0 radical (unpaired) electrons. The lowest BCUT2D eigenvalue weighted by Gasteiger charge is -2.28. The summed E-state index contributed by atoms with van der Waals surface area (Å²) < 4.78 is 6.07. The van der Waals surface area contributed by atoms with E-state index < -0.39 is 17.5 Å². The average Bonchev–Trinajstić information content (AvgIpc) is 3.55. The van der Waals surface area contributed by atoms with Crippen LogP contribution in [0.15, 0.2) is 42.6 Å². The first-order valence-electron chi connectivity index (χ1n) is 12.5. The van der Waals surface area contributed by atoms with Gasteiger partial charge in [-0.1, -0.05) is 26.3 Å². The van der Waals surface area contributed by atoms with Crippen LogP contribution in [-0.2, 0) is 16.6 Å².